The van der Waals surface area contributed by atoms with Crippen LogP contribution in [0.3, 0.4) is 0 Å². The first kappa shape index (κ1) is 29.0. The van der Waals surface area contributed by atoms with Gasteiger partial charge in [0.15, 0.2) is 0 Å². The number of phenols is 1. The number of hydrogen-bond acceptors (Lipinski definition) is 7. The van der Waals surface area contributed by atoms with E-state index in [1.807, 2.05) is 19.1 Å². The van der Waals surface area contributed by atoms with E-state index in [0.29, 0.717) is 16.7 Å². The molecular weight excluding hydrogens is 540 g/mol. The van der Waals surface area contributed by atoms with Gasteiger partial charge in [0, 0.05) is 67.3 Å². The van der Waals surface area contributed by atoms with E-state index < -0.39 is 0 Å². The van der Waals surface area contributed by atoms with E-state index in [2.05, 4.69) is 56.6 Å². The smallest absolute Gasteiger partial charge is 0.253 e. The summed E-state index contributed by atoms with van der Waals surface area (Å²) in [5, 5.41) is 16.3. The van der Waals surface area contributed by atoms with Crippen LogP contribution in [0.1, 0.15) is 70.5 Å². The quantitative estimate of drug-likeness (QED) is 0.383. The summed E-state index contributed by atoms with van der Waals surface area (Å²) in [5.74, 6) is 0.738. The molecule has 1 aromatic heterocycles. The van der Waals surface area contributed by atoms with Gasteiger partial charge in [-0.1, -0.05) is 18.2 Å². The normalized spacial score (nSPS) is 22.7. The van der Waals surface area contributed by atoms with E-state index in [1.54, 1.807) is 31.3 Å². The van der Waals surface area contributed by atoms with Crippen LogP contribution in [0.2, 0.25) is 0 Å². The summed E-state index contributed by atoms with van der Waals surface area (Å²) < 4.78 is 0. The second-order valence-electron chi connectivity index (χ2n) is 12.4. The molecule has 9 nitrogen and oxygen atoms in total. The second kappa shape index (κ2) is 12.2. The molecule has 4 heterocycles. The number of benzene rings is 2. The number of likely N-dealkylation sites (N-methyl/N-ethyl adjacent to an activating group) is 1. The van der Waals surface area contributed by atoms with Gasteiger partial charge in [-0.25, -0.2) is 4.98 Å². The highest BCUT2D eigenvalue weighted by atomic mass is 16.3. The first-order valence-corrected chi connectivity index (χ1v) is 15.4. The lowest BCUT2D eigenvalue weighted by Gasteiger charge is -2.40. The SMILES string of the molecule is Cc1c(O)cccc1C(=O)NC1C[C@H]2CC[C@@H](C1)N2c1ccc(C(=O)N[C@@H](C)c2ccc(N3CCN(C)CC3)cc2)cn1. The summed E-state index contributed by atoms with van der Waals surface area (Å²) in [6, 6.07) is 17.9. The number of carbonyl (C=O) groups excluding carboxylic acids is 2. The lowest BCUT2D eigenvalue weighted by Crippen LogP contribution is -2.50. The van der Waals surface area contributed by atoms with Gasteiger partial charge >= 0.3 is 0 Å². The molecule has 3 N–H and O–H groups in total. The zero-order valence-corrected chi connectivity index (χ0v) is 25.3. The number of nitrogens with zero attached hydrogens (tertiary/aromatic N) is 4. The minimum absolute atomic E-state index is 0.0742. The number of hydrogen-bond donors (Lipinski definition) is 3. The van der Waals surface area contributed by atoms with Crippen LogP contribution in [-0.4, -0.2) is 78.2 Å². The molecule has 6 rings (SSSR count). The van der Waals surface area contributed by atoms with Crippen molar-refractivity contribution in [2.45, 2.75) is 63.7 Å². The summed E-state index contributed by atoms with van der Waals surface area (Å²) in [5.41, 5.74) is 3.95. The Morgan fingerprint density at radius 2 is 1.63 bits per heavy atom. The highest BCUT2D eigenvalue weighted by Crippen LogP contribution is 2.38. The molecule has 3 aromatic rings. The number of piperazine rings is 1. The van der Waals surface area contributed by atoms with E-state index in [9.17, 15) is 14.7 Å². The van der Waals surface area contributed by atoms with Crippen LogP contribution in [0.4, 0.5) is 11.5 Å². The molecule has 0 radical (unpaired) electrons. The van der Waals surface area contributed by atoms with Crippen molar-refractivity contribution in [2.24, 2.45) is 0 Å². The van der Waals surface area contributed by atoms with Crippen molar-refractivity contribution >= 4 is 23.3 Å². The van der Waals surface area contributed by atoms with Crippen molar-refractivity contribution in [1.29, 1.82) is 0 Å². The number of rotatable bonds is 7. The van der Waals surface area contributed by atoms with Crippen LogP contribution in [0.25, 0.3) is 0 Å². The summed E-state index contributed by atoms with van der Waals surface area (Å²) in [4.78, 5) is 37.8. The van der Waals surface area contributed by atoms with Gasteiger partial charge in [0.05, 0.1) is 11.6 Å². The fourth-order valence-corrected chi connectivity index (χ4v) is 6.88. The van der Waals surface area contributed by atoms with Gasteiger partial charge in [-0.3, -0.25) is 9.59 Å². The number of fused-ring (bicyclic) bond motifs is 2. The summed E-state index contributed by atoms with van der Waals surface area (Å²) >= 11 is 0. The third-order valence-corrected chi connectivity index (χ3v) is 9.50. The second-order valence-corrected chi connectivity index (χ2v) is 12.4. The molecule has 1 unspecified atom stereocenters. The van der Waals surface area contributed by atoms with Crippen LogP contribution >= 0.6 is 0 Å². The number of aromatic hydroxyl groups is 1. The molecule has 2 amide bonds. The lowest BCUT2D eigenvalue weighted by atomic mass is 9.96. The van der Waals surface area contributed by atoms with Crippen molar-refractivity contribution in [2.75, 3.05) is 43.0 Å². The first-order valence-electron chi connectivity index (χ1n) is 15.4. The number of nitrogens with one attached hydrogen (secondary N) is 2. The predicted octanol–water partition coefficient (Wildman–Crippen LogP) is 4.27. The van der Waals surface area contributed by atoms with Crippen LogP contribution in [0, 0.1) is 6.92 Å². The lowest BCUT2D eigenvalue weighted by molar-refractivity contribution is 0.0922. The van der Waals surface area contributed by atoms with Gasteiger partial charge in [-0.2, -0.15) is 0 Å². The Kier molecular flexibility index (Phi) is 8.25. The van der Waals surface area contributed by atoms with Crippen molar-refractivity contribution in [3.63, 3.8) is 0 Å². The average molecular weight is 583 g/mol. The Bertz CT molecular complexity index is 1440. The monoisotopic (exact) mass is 582 g/mol. The number of amides is 2. The molecular formula is C34H42N6O3. The van der Waals surface area contributed by atoms with Gasteiger partial charge in [-0.15, -0.1) is 0 Å². The molecule has 0 spiro atoms. The molecule has 3 aliphatic heterocycles. The Balaban J connectivity index is 1.04. The van der Waals surface area contributed by atoms with E-state index in [1.165, 1.54) is 5.69 Å². The Hall–Kier alpha value is -4.11. The highest BCUT2D eigenvalue weighted by Gasteiger charge is 2.42. The van der Waals surface area contributed by atoms with E-state index in [4.69, 9.17) is 4.98 Å². The zero-order chi connectivity index (χ0) is 30.1. The maximum Gasteiger partial charge on any atom is 0.253 e. The van der Waals surface area contributed by atoms with Crippen molar-refractivity contribution < 1.29 is 14.7 Å². The molecule has 2 aromatic carbocycles. The van der Waals surface area contributed by atoms with Crippen molar-refractivity contribution in [3.8, 4) is 5.75 Å². The maximum atomic E-state index is 13.1. The largest absolute Gasteiger partial charge is 0.508 e. The van der Waals surface area contributed by atoms with Crippen molar-refractivity contribution in [1.82, 2.24) is 20.5 Å². The maximum absolute atomic E-state index is 13.1. The number of aromatic nitrogens is 1. The van der Waals surface area contributed by atoms with E-state index in [0.717, 1.165) is 63.2 Å². The molecule has 0 aliphatic carbocycles. The number of pyridine rings is 1. The third kappa shape index (κ3) is 6.18. The number of piperidine rings is 1. The van der Waals surface area contributed by atoms with Crippen molar-refractivity contribution in [3.05, 3.63) is 83.0 Å². The fourth-order valence-electron chi connectivity index (χ4n) is 6.88. The Morgan fingerprint density at radius 1 is 0.930 bits per heavy atom. The number of carbonyl (C=O) groups is 2. The molecule has 3 saturated heterocycles. The van der Waals surface area contributed by atoms with E-state index >= 15 is 0 Å². The highest BCUT2D eigenvalue weighted by molar-refractivity contribution is 5.96. The molecule has 4 atom stereocenters. The van der Waals surface area contributed by atoms with Crippen LogP contribution < -0.4 is 20.4 Å². The summed E-state index contributed by atoms with van der Waals surface area (Å²) in [6.45, 7) is 7.97. The molecule has 9 heteroatoms. The number of phenolic OH excluding ortho intramolecular Hbond substituents is 1. The standard InChI is InChI=1S/C34H42N6O3/c1-22-30(5-4-6-31(22)41)34(43)37-26-19-28-12-13-29(20-26)40(28)32-14-9-25(21-35-32)33(42)36-23(2)24-7-10-27(11-8-24)39-17-15-38(3)16-18-39/h4-11,14,21,23,26,28-29,41H,12-13,15-20H2,1-3H3,(H,36,42)(H,37,43)/t23-,26?,28-,29+/m0/s1. The summed E-state index contributed by atoms with van der Waals surface area (Å²) in [7, 11) is 2.16. The molecule has 0 saturated carbocycles. The number of anilines is 2. The Labute approximate surface area is 253 Å². The minimum Gasteiger partial charge on any atom is -0.508 e. The minimum atomic E-state index is -0.139. The molecule has 226 valence electrons. The van der Waals surface area contributed by atoms with Gasteiger partial charge in [0.25, 0.3) is 11.8 Å². The third-order valence-electron chi connectivity index (χ3n) is 9.50. The van der Waals surface area contributed by atoms with Crippen LogP contribution in [0.15, 0.2) is 60.8 Å². The average Bonchev–Trinajstić information content (AvgIpc) is 3.28. The van der Waals surface area contributed by atoms with Gasteiger partial charge in [0.1, 0.15) is 11.6 Å². The molecule has 3 aliphatic rings. The fraction of sp³-hybridized carbons (Fsp3) is 0.441. The first-order chi connectivity index (χ1) is 20.8. The molecule has 2 bridgehead atoms. The van der Waals surface area contributed by atoms with Gasteiger partial charge in [0.2, 0.25) is 0 Å². The van der Waals surface area contributed by atoms with Gasteiger partial charge < -0.3 is 30.4 Å². The van der Waals surface area contributed by atoms with Crippen LogP contribution in [0.5, 0.6) is 5.75 Å². The van der Waals surface area contributed by atoms with E-state index in [-0.39, 0.29) is 41.7 Å². The molecule has 3 fully saturated rings. The Morgan fingerprint density at radius 3 is 2.28 bits per heavy atom. The summed E-state index contributed by atoms with van der Waals surface area (Å²) in [6.07, 6.45) is 5.46. The topological polar surface area (TPSA) is 101 Å². The zero-order valence-electron chi connectivity index (χ0n) is 25.3. The molecule has 43 heavy (non-hydrogen) atoms. The van der Waals surface area contributed by atoms with Gasteiger partial charge in [-0.05, 0) is 88.5 Å². The predicted molar refractivity (Wildman–Crippen MR) is 169 cm³/mol. The van der Waals surface area contributed by atoms with Crippen LogP contribution in [-0.2, 0) is 0 Å².